The van der Waals surface area contributed by atoms with E-state index in [1.807, 2.05) is 0 Å². The highest BCUT2D eigenvalue weighted by Gasteiger charge is 2.45. The molecule has 1 unspecified atom stereocenters. The van der Waals surface area contributed by atoms with Gasteiger partial charge in [0.1, 0.15) is 11.2 Å². The van der Waals surface area contributed by atoms with Gasteiger partial charge < -0.3 is 4.74 Å². The lowest BCUT2D eigenvalue weighted by Gasteiger charge is -2.27. The zero-order chi connectivity index (χ0) is 12.0. The van der Waals surface area contributed by atoms with Gasteiger partial charge in [0.15, 0.2) is 0 Å². The number of Topliss-reactive ketones (excluding diaryl/α,β-unsaturated/α-hetero) is 1. The fourth-order valence-electron chi connectivity index (χ4n) is 2.39. The number of carbonyl (C=O) groups is 2. The summed E-state index contributed by atoms with van der Waals surface area (Å²) in [7, 11) is 1.36. The Labute approximate surface area is 96.9 Å². The molecule has 0 aromatic carbocycles. The summed E-state index contributed by atoms with van der Waals surface area (Å²) in [5, 5.41) is 0. The molecule has 0 aliphatic heterocycles. The first-order valence-corrected chi connectivity index (χ1v) is 5.90. The van der Waals surface area contributed by atoms with Crippen molar-refractivity contribution in [3.8, 4) is 0 Å². The molecule has 90 valence electrons. The van der Waals surface area contributed by atoms with Crippen LogP contribution in [0.1, 0.15) is 44.9 Å². The van der Waals surface area contributed by atoms with Crippen LogP contribution in [-0.4, -0.2) is 18.9 Å². The molecule has 0 saturated heterocycles. The minimum Gasteiger partial charge on any atom is -0.468 e. The lowest BCUT2D eigenvalue weighted by molar-refractivity contribution is -0.159. The van der Waals surface area contributed by atoms with E-state index in [1.165, 1.54) is 7.11 Å². The van der Waals surface area contributed by atoms with E-state index in [0.717, 1.165) is 19.3 Å². The van der Waals surface area contributed by atoms with Crippen molar-refractivity contribution in [3.63, 3.8) is 0 Å². The third kappa shape index (κ3) is 2.52. The zero-order valence-corrected chi connectivity index (χ0v) is 9.96. The van der Waals surface area contributed by atoms with Crippen LogP contribution < -0.4 is 0 Å². The Morgan fingerprint density at radius 3 is 2.88 bits per heavy atom. The predicted octanol–water partition coefficient (Wildman–Crippen LogP) is 2.65. The van der Waals surface area contributed by atoms with E-state index in [-0.39, 0.29) is 11.8 Å². The van der Waals surface area contributed by atoms with Gasteiger partial charge in [-0.1, -0.05) is 18.9 Å². The van der Waals surface area contributed by atoms with Gasteiger partial charge in [-0.15, -0.1) is 6.58 Å². The first-order chi connectivity index (χ1) is 7.67. The maximum Gasteiger partial charge on any atom is 0.319 e. The first-order valence-electron chi connectivity index (χ1n) is 5.90. The van der Waals surface area contributed by atoms with Gasteiger partial charge in [0.2, 0.25) is 0 Å². The average Bonchev–Trinajstić information content (AvgIpc) is 2.49. The van der Waals surface area contributed by atoms with E-state index in [1.54, 1.807) is 6.08 Å². The van der Waals surface area contributed by atoms with Gasteiger partial charge in [0.25, 0.3) is 0 Å². The van der Waals surface area contributed by atoms with E-state index >= 15 is 0 Å². The second-order valence-corrected chi connectivity index (χ2v) is 4.38. The molecule has 0 amide bonds. The molecule has 1 aliphatic carbocycles. The third-order valence-corrected chi connectivity index (χ3v) is 3.39. The molecule has 1 fully saturated rings. The zero-order valence-electron chi connectivity index (χ0n) is 9.96. The monoisotopic (exact) mass is 224 g/mol. The summed E-state index contributed by atoms with van der Waals surface area (Å²) in [6.45, 7) is 3.65. The Kier molecular flexibility index (Phi) is 4.71. The van der Waals surface area contributed by atoms with Gasteiger partial charge >= 0.3 is 5.97 Å². The van der Waals surface area contributed by atoms with Crippen LogP contribution >= 0.6 is 0 Å². The second-order valence-electron chi connectivity index (χ2n) is 4.38. The van der Waals surface area contributed by atoms with Crippen molar-refractivity contribution >= 4 is 11.8 Å². The lowest BCUT2D eigenvalue weighted by Crippen LogP contribution is -2.39. The molecule has 3 nitrogen and oxygen atoms in total. The largest absolute Gasteiger partial charge is 0.468 e. The Bertz CT molecular complexity index is 283. The lowest BCUT2D eigenvalue weighted by atomic mass is 9.75. The van der Waals surface area contributed by atoms with Crippen LogP contribution in [0.15, 0.2) is 12.7 Å². The molecule has 1 rings (SSSR count). The number of hydrogen-bond donors (Lipinski definition) is 0. The maximum absolute atomic E-state index is 12.1. The van der Waals surface area contributed by atoms with Crippen molar-refractivity contribution in [3.05, 3.63) is 12.7 Å². The smallest absolute Gasteiger partial charge is 0.319 e. The van der Waals surface area contributed by atoms with Crippen molar-refractivity contribution in [2.24, 2.45) is 5.41 Å². The molecule has 0 spiro atoms. The summed E-state index contributed by atoms with van der Waals surface area (Å²) in [5.41, 5.74) is -0.889. The van der Waals surface area contributed by atoms with Gasteiger partial charge in [-0.2, -0.15) is 0 Å². The molecule has 0 heterocycles. The Hall–Kier alpha value is -1.12. The predicted molar refractivity (Wildman–Crippen MR) is 62.0 cm³/mol. The summed E-state index contributed by atoms with van der Waals surface area (Å²) in [6, 6.07) is 0. The van der Waals surface area contributed by atoms with Gasteiger partial charge in [0.05, 0.1) is 7.11 Å². The molecule has 0 aromatic rings. The topological polar surface area (TPSA) is 43.4 Å². The number of hydrogen-bond acceptors (Lipinski definition) is 3. The van der Waals surface area contributed by atoms with Crippen LogP contribution in [0.3, 0.4) is 0 Å². The summed E-state index contributed by atoms with van der Waals surface area (Å²) < 4.78 is 4.82. The molecule has 1 saturated carbocycles. The molecule has 1 atom stereocenters. The van der Waals surface area contributed by atoms with E-state index in [0.29, 0.717) is 25.7 Å². The Morgan fingerprint density at radius 1 is 1.50 bits per heavy atom. The van der Waals surface area contributed by atoms with Crippen LogP contribution in [0.25, 0.3) is 0 Å². The van der Waals surface area contributed by atoms with Crippen LogP contribution in [0.2, 0.25) is 0 Å². The molecule has 0 radical (unpaired) electrons. The van der Waals surface area contributed by atoms with E-state index < -0.39 is 5.41 Å². The highest BCUT2D eigenvalue weighted by Crippen LogP contribution is 2.37. The van der Waals surface area contributed by atoms with Crippen molar-refractivity contribution in [1.29, 1.82) is 0 Å². The minimum absolute atomic E-state index is 0.0544. The highest BCUT2D eigenvalue weighted by molar-refractivity contribution is 6.03. The second kappa shape index (κ2) is 5.83. The van der Waals surface area contributed by atoms with Crippen LogP contribution in [0.4, 0.5) is 0 Å². The fraction of sp³-hybridized carbons (Fsp3) is 0.692. The molecular formula is C13H20O3. The van der Waals surface area contributed by atoms with E-state index in [2.05, 4.69) is 6.58 Å². The summed E-state index contributed by atoms with van der Waals surface area (Å²) in [6.07, 6.45) is 6.96. The van der Waals surface area contributed by atoms with Gasteiger partial charge in [-0.3, -0.25) is 9.59 Å². The Balaban J connectivity index is 2.93. The van der Waals surface area contributed by atoms with E-state index in [9.17, 15) is 9.59 Å². The van der Waals surface area contributed by atoms with Crippen molar-refractivity contribution in [1.82, 2.24) is 0 Å². The molecule has 0 bridgehead atoms. The number of ether oxygens (including phenoxy) is 1. The quantitative estimate of drug-likeness (QED) is 0.319. The number of carbonyl (C=O) groups excluding carboxylic acids is 2. The summed E-state index contributed by atoms with van der Waals surface area (Å²) in [5.74, 6) is -0.306. The molecule has 1 aliphatic rings. The average molecular weight is 224 g/mol. The SMILES string of the molecule is C=CCCC1(C(=O)OC)CCCCCC1=O. The first kappa shape index (κ1) is 12.9. The van der Waals surface area contributed by atoms with Gasteiger partial charge in [-0.25, -0.2) is 0 Å². The van der Waals surface area contributed by atoms with Crippen molar-refractivity contribution in [2.45, 2.75) is 44.9 Å². The maximum atomic E-state index is 12.1. The third-order valence-electron chi connectivity index (χ3n) is 3.39. The normalized spacial score (nSPS) is 25.9. The summed E-state index contributed by atoms with van der Waals surface area (Å²) in [4.78, 5) is 24.0. The molecule has 3 heteroatoms. The number of ketones is 1. The highest BCUT2D eigenvalue weighted by atomic mass is 16.5. The van der Waals surface area contributed by atoms with Crippen LogP contribution in [0.5, 0.6) is 0 Å². The number of allylic oxidation sites excluding steroid dienone is 1. The van der Waals surface area contributed by atoms with E-state index in [4.69, 9.17) is 4.74 Å². The van der Waals surface area contributed by atoms with Gasteiger partial charge in [0, 0.05) is 6.42 Å². The molecule has 0 N–H and O–H groups in total. The van der Waals surface area contributed by atoms with Crippen molar-refractivity contribution in [2.75, 3.05) is 7.11 Å². The number of rotatable bonds is 4. The van der Waals surface area contributed by atoms with Gasteiger partial charge in [-0.05, 0) is 25.7 Å². The standard InChI is InChI=1S/C13H20O3/c1-3-4-9-13(12(15)16-2)10-7-5-6-8-11(13)14/h3H,1,4-10H2,2H3. The summed E-state index contributed by atoms with van der Waals surface area (Å²) >= 11 is 0. The number of methoxy groups -OCH3 is 1. The van der Waals surface area contributed by atoms with Crippen LogP contribution in [-0.2, 0) is 14.3 Å². The molecular weight excluding hydrogens is 204 g/mol. The number of esters is 1. The fourth-order valence-corrected chi connectivity index (χ4v) is 2.39. The van der Waals surface area contributed by atoms with Crippen LogP contribution in [0, 0.1) is 5.41 Å². The minimum atomic E-state index is -0.889. The molecule has 0 aromatic heterocycles. The molecule has 16 heavy (non-hydrogen) atoms. The Morgan fingerprint density at radius 2 is 2.25 bits per heavy atom. The van der Waals surface area contributed by atoms with Crippen molar-refractivity contribution < 1.29 is 14.3 Å².